The number of amides is 1. The zero-order chi connectivity index (χ0) is 26.0. The second-order valence-corrected chi connectivity index (χ2v) is 8.41. The van der Waals surface area contributed by atoms with E-state index in [1.165, 1.54) is 4.90 Å². The molecule has 2 N–H and O–H groups in total. The molecule has 1 aliphatic rings. The summed E-state index contributed by atoms with van der Waals surface area (Å²) in [6.07, 6.45) is 3.24. The largest absolute Gasteiger partial charge is 0.507 e. The van der Waals surface area contributed by atoms with Gasteiger partial charge in [-0.25, -0.2) is 4.79 Å². The Bertz CT molecular complexity index is 1340. The summed E-state index contributed by atoms with van der Waals surface area (Å²) in [6.45, 7) is 5.33. The van der Waals surface area contributed by atoms with Crippen molar-refractivity contribution in [2.75, 3.05) is 13.7 Å². The molecule has 0 saturated carbocycles. The fourth-order valence-corrected chi connectivity index (χ4v) is 4.51. The SMILES string of the molecule is CCOC(=O)c1[nH]c(C)c(/C(O)=C2/C(=O)C(=O)N(Cc3cccnc3)C2c2ccc(OC)cc2)c1C. The lowest BCUT2D eigenvalue weighted by Gasteiger charge is -2.25. The molecular formula is C27H27N3O6. The van der Waals surface area contributed by atoms with Gasteiger partial charge in [-0.2, -0.15) is 0 Å². The van der Waals surface area contributed by atoms with Crippen molar-refractivity contribution in [1.29, 1.82) is 0 Å². The molecule has 9 heteroatoms. The quantitative estimate of drug-likeness (QED) is 0.224. The van der Waals surface area contributed by atoms with E-state index in [1.54, 1.807) is 70.6 Å². The highest BCUT2D eigenvalue weighted by molar-refractivity contribution is 6.46. The Morgan fingerprint density at radius 1 is 1.17 bits per heavy atom. The summed E-state index contributed by atoms with van der Waals surface area (Å²) in [7, 11) is 1.54. The number of hydrogen-bond acceptors (Lipinski definition) is 7. The standard InChI is InChI=1S/C27H27N3O6/c1-5-36-27(34)22-15(2)20(16(3)29-22)24(31)21-23(18-8-10-19(35-4)11-9-18)30(26(33)25(21)32)14-17-7-6-12-28-13-17/h6-13,23,29,31H,5,14H2,1-4H3/b24-21-. The molecule has 1 saturated heterocycles. The van der Waals surface area contributed by atoms with E-state index >= 15 is 0 Å². The Morgan fingerprint density at radius 2 is 1.89 bits per heavy atom. The minimum atomic E-state index is -0.865. The van der Waals surface area contributed by atoms with Gasteiger partial charge < -0.3 is 24.5 Å². The first-order chi connectivity index (χ1) is 17.3. The molecule has 1 amide bonds. The minimum absolute atomic E-state index is 0.0605. The van der Waals surface area contributed by atoms with E-state index in [0.29, 0.717) is 22.6 Å². The van der Waals surface area contributed by atoms with E-state index in [1.807, 2.05) is 6.07 Å². The summed E-state index contributed by atoms with van der Waals surface area (Å²) in [5, 5.41) is 11.5. The monoisotopic (exact) mass is 489 g/mol. The first kappa shape index (κ1) is 24.7. The third kappa shape index (κ3) is 4.35. The van der Waals surface area contributed by atoms with Gasteiger partial charge in [0.2, 0.25) is 0 Å². The predicted molar refractivity (Wildman–Crippen MR) is 131 cm³/mol. The van der Waals surface area contributed by atoms with Crippen molar-refractivity contribution >= 4 is 23.4 Å². The van der Waals surface area contributed by atoms with Crippen LogP contribution in [0.3, 0.4) is 0 Å². The lowest BCUT2D eigenvalue weighted by molar-refractivity contribution is -0.140. The molecule has 1 fully saturated rings. The Hall–Kier alpha value is -4.40. The number of methoxy groups -OCH3 is 1. The molecule has 1 aromatic carbocycles. The average Bonchev–Trinajstić information content (AvgIpc) is 3.32. The van der Waals surface area contributed by atoms with Crippen LogP contribution in [0, 0.1) is 13.8 Å². The molecule has 2 aromatic heterocycles. The van der Waals surface area contributed by atoms with Crippen molar-refractivity contribution in [3.8, 4) is 5.75 Å². The van der Waals surface area contributed by atoms with Crippen LogP contribution in [0.2, 0.25) is 0 Å². The number of pyridine rings is 1. The summed E-state index contributed by atoms with van der Waals surface area (Å²) in [5.41, 5.74) is 2.66. The van der Waals surface area contributed by atoms with Gasteiger partial charge in [-0.05, 0) is 55.7 Å². The van der Waals surface area contributed by atoms with Crippen LogP contribution in [0.15, 0.2) is 54.4 Å². The van der Waals surface area contributed by atoms with Gasteiger partial charge in [0.1, 0.15) is 17.2 Å². The smallest absolute Gasteiger partial charge is 0.355 e. The number of aromatic nitrogens is 2. The second-order valence-electron chi connectivity index (χ2n) is 8.41. The number of ether oxygens (including phenoxy) is 2. The van der Waals surface area contributed by atoms with E-state index in [0.717, 1.165) is 5.56 Å². The molecule has 186 valence electrons. The Kier molecular flexibility index (Phi) is 6.91. The number of aromatic amines is 1. The number of carbonyl (C=O) groups excluding carboxylic acids is 3. The van der Waals surface area contributed by atoms with Crippen molar-refractivity contribution in [3.05, 3.63) is 88.0 Å². The Labute approximate surface area is 208 Å². The number of aryl methyl sites for hydroxylation is 1. The van der Waals surface area contributed by atoms with E-state index < -0.39 is 23.7 Å². The molecule has 3 heterocycles. The highest BCUT2D eigenvalue weighted by Crippen LogP contribution is 2.42. The molecule has 4 rings (SSSR count). The van der Waals surface area contributed by atoms with Gasteiger partial charge in [-0.3, -0.25) is 14.6 Å². The van der Waals surface area contributed by atoms with Crippen molar-refractivity contribution < 1.29 is 29.0 Å². The van der Waals surface area contributed by atoms with Crippen LogP contribution in [-0.2, 0) is 20.9 Å². The summed E-state index contributed by atoms with van der Waals surface area (Å²) < 4.78 is 10.4. The van der Waals surface area contributed by atoms with Crippen LogP contribution in [0.4, 0.5) is 0 Å². The van der Waals surface area contributed by atoms with Gasteiger partial charge in [-0.15, -0.1) is 0 Å². The molecule has 9 nitrogen and oxygen atoms in total. The molecule has 1 aliphatic heterocycles. The zero-order valence-corrected chi connectivity index (χ0v) is 20.5. The number of ketones is 1. The van der Waals surface area contributed by atoms with E-state index in [4.69, 9.17) is 9.47 Å². The van der Waals surface area contributed by atoms with Crippen LogP contribution in [0.25, 0.3) is 5.76 Å². The summed E-state index contributed by atoms with van der Waals surface area (Å²) >= 11 is 0. The number of nitrogens with zero attached hydrogens (tertiary/aromatic N) is 2. The van der Waals surface area contributed by atoms with Crippen LogP contribution < -0.4 is 4.74 Å². The highest BCUT2D eigenvalue weighted by Gasteiger charge is 2.46. The number of aliphatic hydroxyl groups is 1. The summed E-state index contributed by atoms with van der Waals surface area (Å²) in [6, 6.07) is 9.65. The summed E-state index contributed by atoms with van der Waals surface area (Å²) in [5.74, 6) is -1.86. The van der Waals surface area contributed by atoms with Crippen molar-refractivity contribution in [2.24, 2.45) is 0 Å². The molecule has 3 aromatic rings. The molecule has 0 aliphatic carbocycles. The predicted octanol–water partition coefficient (Wildman–Crippen LogP) is 3.83. The fourth-order valence-electron chi connectivity index (χ4n) is 4.51. The number of hydrogen-bond donors (Lipinski definition) is 2. The maximum absolute atomic E-state index is 13.3. The van der Waals surface area contributed by atoms with Gasteiger partial charge in [0.05, 0.1) is 25.3 Å². The van der Waals surface area contributed by atoms with Crippen LogP contribution in [-0.4, -0.2) is 51.4 Å². The molecule has 1 atom stereocenters. The third-order valence-corrected chi connectivity index (χ3v) is 6.20. The van der Waals surface area contributed by atoms with Gasteiger partial charge >= 0.3 is 5.97 Å². The van der Waals surface area contributed by atoms with Crippen molar-refractivity contribution in [1.82, 2.24) is 14.9 Å². The summed E-state index contributed by atoms with van der Waals surface area (Å²) in [4.78, 5) is 47.4. The van der Waals surface area contributed by atoms with E-state index in [9.17, 15) is 19.5 Å². The number of H-pyrrole nitrogens is 1. The number of aliphatic hydroxyl groups excluding tert-OH is 1. The van der Waals surface area contributed by atoms with E-state index in [2.05, 4.69) is 9.97 Å². The number of Topliss-reactive ketones (excluding diaryl/α,β-unsaturated/α-hetero) is 1. The maximum Gasteiger partial charge on any atom is 0.355 e. The number of nitrogens with one attached hydrogen (secondary N) is 1. The van der Waals surface area contributed by atoms with Crippen LogP contribution >= 0.6 is 0 Å². The topological polar surface area (TPSA) is 122 Å². The Balaban J connectivity index is 1.88. The number of esters is 1. The minimum Gasteiger partial charge on any atom is -0.507 e. The molecule has 1 unspecified atom stereocenters. The number of likely N-dealkylation sites (tertiary alicyclic amines) is 1. The normalized spacial score (nSPS) is 16.9. The molecular weight excluding hydrogens is 462 g/mol. The fraction of sp³-hybridized carbons (Fsp3) is 0.259. The van der Waals surface area contributed by atoms with Gasteiger partial charge in [-0.1, -0.05) is 18.2 Å². The van der Waals surface area contributed by atoms with Crippen LogP contribution in [0.5, 0.6) is 5.75 Å². The number of benzene rings is 1. The highest BCUT2D eigenvalue weighted by atomic mass is 16.5. The molecule has 0 radical (unpaired) electrons. The first-order valence-corrected chi connectivity index (χ1v) is 11.5. The van der Waals surface area contributed by atoms with Crippen LogP contribution in [0.1, 0.15) is 51.4 Å². The third-order valence-electron chi connectivity index (χ3n) is 6.20. The maximum atomic E-state index is 13.3. The van der Waals surface area contributed by atoms with Gasteiger partial charge in [0.15, 0.2) is 0 Å². The lowest BCUT2D eigenvalue weighted by atomic mass is 9.94. The Morgan fingerprint density at radius 3 is 2.50 bits per heavy atom. The zero-order valence-electron chi connectivity index (χ0n) is 20.5. The second kappa shape index (κ2) is 10.1. The van der Waals surface area contributed by atoms with Crippen molar-refractivity contribution in [2.45, 2.75) is 33.4 Å². The average molecular weight is 490 g/mol. The lowest BCUT2D eigenvalue weighted by Crippen LogP contribution is -2.29. The molecule has 0 spiro atoms. The number of carbonyl (C=O) groups is 3. The van der Waals surface area contributed by atoms with Gasteiger partial charge in [0, 0.05) is 30.2 Å². The number of rotatable bonds is 7. The van der Waals surface area contributed by atoms with E-state index in [-0.39, 0.29) is 35.7 Å². The van der Waals surface area contributed by atoms with Gasteiger partial charge in [0.25, 0.3) is 11.7 Å². The molecule has 36 heavy (non-hydrogen) atoms. The molecule has 0 bridgehead atoms. The van der Waals surface area contributed by atoms with Crippen molar-refractivity contribution in [3.63, 3.8) is 0 Å². The first-order valence-electron chi connectivity index (χ1n) is 11.5.